The Hall–Kier alpha value is -0.0800. The summed E-state index contributed by atoms with van der Waals surface area (Å²) in [5.41, 5.74) is 5.75. The Balaban J connectivity index is 2.71. The highest BCUT2D eigenvalue weighted by Gasteiger charge is 2.40. The molecule has 0 spiro atoms. The van der Waals surface area contributed by atoms with Crippen LogP contribution in [0.3, 0.4) is 0 Å². The second-order valence-corrected chi connectivity index (χ2v) is 4.13. The van der Waals surface area contributed by atoms with Crippen molar-refractivity contribution >= 4 is 0 Å². The third-order valence-electron chi connectivity index (χ3n) is 3.69. The van der Waals surface area contributed by atoms with Gasteiger partial charge in [0.05, 0.1) is 5.60 Å². The van der Waals surface area contributed by atoms with Crippen LogP contribution in [0.4, 0.5) is 0 Å². The number of rotatable bonds is 2. The fourth-order valence-corrected chi connectivity index (χ4v) is 2.38. The number of nitrogens with two attached hydrogens (primary N) is 1. The first-order valence-corrected chi connectivity index (χ1v) is 4.91. The summed E-state index contributed by atoms with van der Waals surface area (Å²) in [6.45, 7) is 5.22. The first-order valence-electron chi connectivity index (χ1n) is 4.91. The van der Waals surface area contributed by atoms with Gasteiger partial charge < -0.3 is 10.5 Å². The third kappa shape index (κ3) is 1.50. The van der Waals surface area contributed by atoms with Crippen molar-refractivity contribution in [2.45, 2.75) is 38.7 Å². The van der Waals surface area contributed by atoms with Crippen LogP contribution < -0.4 is 5.73 Å². The van der Waals surface area contributed by atoms with Gasteiger partial charge in [0.15, 0.2) is 0 Å². The molecular formula is C10H21NO. The molecule has 0 bridgehead atoms. The maximum absolute atomic E-state index is 5.78. The van der Waals surface area contributed by atoms with Crippen molar-refractivity contribution in [3.05, 3.63) is 0 Å². The molecular weight excluding hydrogens is 150 g/mol. The maximum Gasteiger partial charge on any atom is 0.0828 e. The van der Waals surface area contributed by atoms with Gasteiger partial charge in [-0.1, -0.05) is 26.7 Å². The summed E-state index contributed by atoms with van der Waals surface area (Å²) in [7, 11) is 1.79. The van der Waals surface area contributed by atoms with Crippen LogP contribution in [0.5, 0.6) is 0 Å². The molecule has 2 heteroatoms. The lowest BCUT2D eigenvalue weighted by Crippen LogP contribution is -2.50. The maximum atomic E-state index is 5.78. The van der Waals surface area contributed by atoms with Crippen molar-refractivity contribution in [1.82, 2.24) is 0 Å². The molecule has 0 aromatic heterocycles. The van der Waals surface area contributed by atoms with Gasteiger partial charge in [-0.05, 0) is 18.3 Å². The van der Waals surface area contributed by atoms with Gasteiger partial charge in [0.2, 0.25) is 0 Å². The summed E-state index contributed by atoms with van der Waals surface area (Å²) in [6.07, 6.45) is 3.72. The second-order valence-electron chi connectivity index (χ2n) is 4.13. The van der Waals surface area contributed by atoms with E-state index in [4.69, 9.17) is 10.5 Å². The molecule has 0 heterocycles. The van der Waals surface area contributed by atoms with Crippen LogP contribution >= 0.6 is 0 Å². The van der Waals surface area contributed by atoms with Gasteiger partial charge in [0.1, 0.15) is 0 Å². The zero-order chi connectivity index (χ0) is 9.19. The van der Waals surface area contributed by atoms with Crippen molar-refractivity contribution in [3.8, 4) is 0 Å². The predicted molar refractivity (Wildman–Crippen MR) is 51.0 cm³/mol. The fraction of sp³-hybridized carbons (Fsp3) is 1.00. The standard InChI is InChI=1S/C10H21NO/c1-8-5-4-6-10(7-11,12-3)9(8)2/h8-9H,4-7,11H2,1-3H3. The van der Waals surface area contributed by atoms with E-state index in [0.717, 1.165) is 12.3 Å². The molecule has 1 saturated carbocycles. The van der Waals surface area contributed by atoms with E-state index in [0.29, 0.717) is 12.5 Å². The molecule has 3 atom stereocenters. The van der Waals surface area contributed by atoms with E-state index >= 15 is 0 Å². The zero-order valence-corrected chi connectivity index (χ0v) is 8.47. The Morgan fingerprint density at radius 2 is 2.17 bits per heavy atom. The molecule has 3 unspecified atom stereocenters. The van der Waals surface area contributed by atoms with Crippen LogP contribution in [0.2, 0.25) is 0 Å². The first-order chi connectivity index (χ1) is 5.66. The quantitative estimate of drug-likeness (QED) is 0.687. The van der Waals surface area contributed by atoms with E-state index in [-0.39, 0.29) is 5.60 Å². The first kappa shape index (κ1) is 10.0. The lowest BCUT2D eigenvalue weighted by atomic mass is 9.70. The highest BCUT2D eigenvalue weighted by molar-refractivity contribution is 4.92. The van der Waals surface area contributed by atoms with Crippen LogP contribution in [-0.4, -0.2) is 19.3 Å². The summed E-state index contributed by atoms with van der Waals surface area (Å²) < 4.78 is 5.59. The van der Waals surface area contributed by atoms with Crippen molar-refractivity contribution in [1.29, 1.82) is 0 Å². The van der Waals surface area contributed by atoms with Gasteiger partial charge in [0, 0.05) is 13.7 Å². The molecule has 1 aliphatic carbocycles. The minimum absolute atomic E-state index is 0.0301. The normalized spacial score (nSPS) is 43.0. The number of ether oxygens (including phenoxy) is 1. The Morgan fingerprint density at radius 3 is 2.58 bits per heavy atom. The summed E-state index contributed by atoms with van der Waals surface area (Å²) in [4.78, 5) is 0. The Kier molecular flexibility index (Phi) is 3.13. The number of hydrogen-bond acceptors (Lipinski definition) is 2. The van der Waals surface area contributed by atoms with Gasteiger partial charge in [-0.2, -0.15) is 0 Å². The van der Waals surface area contributed by atoms with Crippen molar-refractivity contribution in [3.63, 3.8) is 0 Å². The van der Waals surface area contributed by atoms with E-state index in [9.17, 15) is 0 Å². The molecule has 0 aromatic rings. The number of methoxy groups -OCH3 is 1. The minimum Gasteiger partial charge on any atom is -0.377 e. The van der Waals surface area contributed by atoms with Gasteiger partial charge >= 0.3 is 0 Å². The highest BCUT2D eigenvalue weighted by Crippen LogP contribution is 2.38. The second kappa shape index (κ2) is 3.75. The van der Waals surface area contributed by atoms with Crippen molar-refractivity contribution in [2.75, 3.05) is 13.7 Å². The molecule has 1 aliphatic rings. The minimum atomic E-state index is -0.0301. The van der Waals surface area contributed by atoms with Crippen LogP contribution in [0, 0.1) is 11.8 Å². The molecule has 1 fully saturated rings. The Labute approximate surface area is 75.5 Å². The summed E-state index contributed by atoms with van der Waals surface area (Å²) in [6, 6.07) is 0. The van der Waals surface area contributed by atoms with Gasteiger partial charge in [-0.3, -0.25) is 0 Å². The van der Waals surface area contributed by atoms with Gasteiger partial charge in [-0.25, -0.2) is 0 Å². The molecule has 2 N–H and O–H groups in total. The average molecular weight is 171 g/mol. The summed E-state index contributed by atoms with van der Waals surface area (Å²) in [5.74, 6) is 1.35. The molecule has 0 aliphatic heterocycles. The van der Waals surface area contributed by atoms with Crippen LogP contribution in [-0.2, 0) is 4.74 Å². The van der Waals surface area contributed by atoms with Gasteiger partial charge in [0.25, 0.3) is 0 Å². The molecule has 0 aromatic carbocycles. The molecule has 0 radical (unpaired) electrons. The lowest BCUT2D eigenvalue weighted by molar-refractivity contribution is -0.0872. The van der Waals surface area contributed by atoms with Crippen LogP contribution in [0.1, 0.15) is 33.1 Å². The van der Waals surface area contributed by atoms with Crippen LogP contribution in [0.25, 0.3) is 0 Å². The average Bonchev–Trinajstić information content (AvgIpc) is 2.11. The predicted octanol–water partition coefficient (Wildman–Crippen LogP) is 1.79. The van der Waals surface area contributed by atoms with Gasteiger partial charge in [-0.15, -0.1) is 0 Å². The Bertz CT molecular complexity index is 143. The summed E-state index contributed by atoms with van der Waals surface area (Å²) >= 11 is 0. The fourth-order valence-electron chi connectivity index (χ4n) is 2.38. The van der Waals surface area contributed by atoms with E-state index in [2.05, 4.69) is 13.8 Å². The smallest absolute Gasteiger partial charge is 0.0828 e. The van der Waals surface area contributed by atoms with E-state index in [1.165, 1.54) is 12.8 Å². The molecule has 72 valence electrons. The number of hydrogen-bond donors (Lipinski definition) is 1. The van der Waals surface area contributed by atoms with E-state index < -0.39 is 0 Å². The topological polar surface area (TPSA) is 35.2 Å². The largest absolute Gasteiger partial charge is 0.377 e. The Morgan fingerprint density at radius 1 is 1.50 bits per heavy atom. The SMILES string of the molecule is COC1(CN)CCCC(C)C1C. The van der Waals surface area contributed by atoms with E-state index in [1.807, 2.05) is 0 Å². The molecule has 2 nitrogen and oxygen atoms in total. The van der Waals surface area contributed by atoms with Crippen molar-refractivity contribution in [2.24, 2.45) is 17.6 Å². The summed E-state index contributed by atoms with van der Waals surface area (Å²) in [5, 5.41) is 0. The zero-order valence-electron chi connectivity index (χ0n) is 8.47. The molecule has 1 rings (SSSR count). The lowest BCUT2D eigenvalue weighted by Gasteiger charge is -2.44. The van der Waals surface area contributed by atoms with Crippen molar-refractivity contribution < 1.29 is 4.74 Å². The monoisotopic (exact) mass is 171 g/mol. The molecule has 0 amide bonds. The third-order valence-corrected chi connectivity index (χ3v) is 3.69. The highest BCUT2D eigenvalue weighted by atomic mass is 16.5. The molecule has 0 saturated heterocycles. The van der Waals surface area contributed by atoms with Crippen LogP contribution in [0.15, 0.2) is 0 Å². The molecule has 12 heavy (non-hydrogen) atoms. The van der Waals surface area contributed by atoms with E-state index in [1.54, 1.807) is 7.11 Å².